The first-order valence-electron chi connectivity index (χ1n) is 15.0. The van der Waals surface area contributed by atoms with E-state index < -0.39 is 6.09 Å². The number of piperidine rings is 1. The van der Waals surface area contributed by atoms with Crippen LogP contribution in [0.1, 0.15) is 16.8 Å². The van der Waals surface area contributed by atoms with Crippen LogP contribution in [-0.4, -0.2) is 61.9 Å². The van der Waals surface area contributed by atoms with Crippen LogP contribution in [0.25, 0.3) is 0 Å². The Balaban J connectivity index is 0.984. The molecule has 7 nitrogen and oxygen atoms in total. The summed E-state index contributed by atoms with van der Waals surface area (Å²) in [7, 11) is 0. The quantitative estimate of drug-likeness (QED) is 0.232. The zero-order valence-corrected chi connectivity index (χ0v) is 24.8. The molecular formula is C34H35FN4O3S. The largest absolute Gasteiger partial charge is 0.420 e. The topological polar surface area (TPSA) is 58.1 Å². The van der Waals surface area contributed by atoms with Crippen LogP contribution in [0.2, 0.25) is 0 Å². The van der Waals surface area contributed by atoms with Crippen molar-refractivity contribution in [1.82, 2.24) is 9.88 Å². The summed E-state index contributed by atoms with van der Waals surface area (Å²) in [5, 5.41) is 2.40. The Morgan fingerprint density at radius 2 is 1.81 bits per heavy atom. The highest BCUT2D eigenvalue weighted by molar-refractivity contribution is 7.11. The number of benzene rings is 2. The number of morpholine rings is 1. The van der Waals surface area contributed by atoms with Crippen LogP contribution in [-0.2, 0) is 17.7 Å². The van der Waals surface area contributed by atoms with Crippen LogP contribution < -0.4 is 14.5 Å². The van der Waals surface area contributed by atoms with Crippen molar-refractivity contribution in [1.29, 1.82) is 0 Å². The molecule has 2 aromatic heterocycles. The number of anilines is 2. The summed E-state index contributed by atoms with van der Waals surface area (Å²) in [5.74, 6) is 1.03. The molecule has 2 saturated heterocycles. The summed E-state index contributed by atoms with van der Waals surface area (Å²) in [5.41, 5.74) is 4.64. The number of pyridine rings is 1. The molecule has 0 N–H and O–H groups in total. The van der Waals surface area contributed by atoms with Crippen molar-refractivity contribution in [3.05, 3.63) is 107 Å². The molecule has 4 aromatic rings. The zero-order chi connectivity index (χ0) is 29.2. The average Bonchev–Trinajstić information content (AvgIpc) is 3.36. The molecule has 2 aliphatic heterocycles. The third-order valence-electron chi connectivity index (χ3n) is 8.86. The van der Waals surface area contributed by atoms with Crippen LogP contribution in [0.3, 0.4) is 0 Å². The maximum Gasteiger partial charge on any atom is 0.420 e. The van der Waals surface area contributed by atoms with Gasteiger partial charge in [-0.3, -0.25) is 14.8 Å². The molecule has 0 radical (unpaired) electrons. The van der Waals surface area contributed by atoms with Gasteiger partial charge in [-0.2, -0.15) is 0 Å². The SMILES string of the molecule is O=C(Oc1cccs1)N(CC1C2CN(Cc3ccc(Cc4ccccc4)cn3)CC21)c1ccc(N2CCOCC2)c(F)c1. The molecule has 4 heterocycles. The van der Waals surface area contributed by atoms with Crippen molar-refractivity contribution < 1.29 is 18.7 Å². The minimum Gasteiger partial charge on any atom is -0.399 e. The Bertz CT molecular complexity index is 1520. The van der Waals surface area contributed by atoms with Gasteiger partial charge < -0.3 is 14.4 Å². The summed E-state index contributed by atoms with van der Waals surface area (Å²) in [6.07, 6.45) is 2.40. The molecule has 2 unspecified atom stereocenters. The van der Waals surface area contributed by atoms with Gasteiger partial charge in [-0.25, -0.2) is 9.18 Å². The third-order valence-corrected chi connectivity index (χ3v) is 9.61. The van der Waals surface area contributed by atoms with Gasteiger partial charge in [0.05, 0.1) is 30.3 Å². The Kier molecular flexibility index (Phi) is 8.10. The molecule has 2 aromatic carbocycles. The minimum absolute atomic E-state index is 0.335. The lowest BCUT2D eigenvalue weighted by Gasteiger charge is -2.30. The lowest BCUT2D eigenvalue weighted by atomic mass is 10.1. The second-order valence-electron chi connectivity index (χ2n) is 11.7. The molecule has 3 aliphatic rings. The van der Waals surface area contributed by atoms with Gasteiger partial charge in [0.1, 0.15) is 5.82 Å². The highest BCUT2D eigenvalue weighted by Gasteiger charge is 2.56. The van der Waals surface area contributed by atoms with E-state index >= 15 is 4.39 Å². The van der Waals surface area contributed by atoms with E-state index in [9.17, 15) is 4.79 Å². The Labute approximate surface area is 255 Å². The number of likely N-dealkylation sites (tertiary alicyclic amines) is 1. The summed E-state index contributed by atoms with van der Waals surface area (Å²) >= 11 is 1.37. The second kappa shape index (κ2) is 12.4. The Morgan fingerprint density at radius 1 is 1.00 bits per heavy atom. The van der Waals surface area contributed by atoms with E-state index in [1.54, 1.807) is 17.0 Å². The van der Waals surface area contributed by atoms with Crippen molar-refractivity contribution in [2.45, 2.75) is 13.0 Å². The average molecular weight is 599 g/mol. The summed E-state index contributed by atoms with van der Waals surface area (Å²) in [4.78, 5) is 24.2. The number of aromatic nitrogens is 1. The van der Waals surface area contributed by atoms with Crippen molar-refractivity contribution in [2.75, 3.05) is 55.7 Å². The number of thiophene rings is 1. The molecule has 43 heavy (non-hydrogen) atoms. The molecular weight excluding hydrogens is 563 g/mol. The van der Waals surface area contributed by atoms with Crippen LogP contribution in [0, 0.1) is 23.6 Å². The van der Waals surface area contributed by atoms with E-state index in [0.29, 0.717) is 67.0 Å². The monoisotopic (exact) mass is 598 g/mol. The highest BCUT2D eigenvalue weighted by Crippen LogP contribution is 2.52. The van der Waals surface area contributed by atoms with E-state index in [4.69, 9.17) is 14.5 Å². The van der Waals surface area contributed by atoms with E-state index in [1.807, 2.05) is 34.7 Å². The van der Waals surface area contributed by atoms with Crippen LogP contribution in [0.5, 0.6) is 5.06 Å². The maximum absolute atomic E-state index is 15.3. The van der Waals surface area contributed by atoms with E-state index in [-0.39, 0.29) is 5.82 Å². The van der Waals surface area contributed by atoms with Crippen molar-refractivity contribution >= 4 is 28.8 Å². The fourth-order valence-electron chi connectivity index (χ4n) is 6.53. The van der Waals surface area contributed by atoms with Gasteiger partial charge in [0.25, 0.3) is 0 Å². The fourth-order valence-corrected chi connectivity index (χ4v) is 7.10. The first kappa shape index (κ1) is 28.0. The number of carbonyl (C=O) groups excluding carboxylic acids is 1. The van der Waals surface area contributed by atoms with E-state index in [1.165, 1.54) is 28.5 Å². The highest BCUT2D eigenvalue weighted by atomic mass is 32.1. The molecule has 0 spiro atoms. The Hall–Kier alpha value is -3.79. The van der Waals surface area contributed by atoms with Gasteiger partial charge in [-0.05, 0) is 77.1 Å². The predicted octanol–water partition coefficient (Wildman–Crippen LogP) is 6.09. The molecule has 1 saturated carbocycles. The van der Waals surface area contributed by atoms with Gasteiger partial charge in [0.15, 0.2) is 5.06 Å². The van der Waals surface area contributed by atoms with Crippen molar-refractivity contribution in [3.8, 4) is 5.06 Å². The zero-order valence-electron chi connectivity index (χ0n) is 24.0. The predicted molar refractivity (Wildman–Crippen MR) is 166 cm³/mol. The molecule has 1 aliphatic carbocycles. The van der Waals surface area contributed by atoms with E-state index in [2.05, 4.69) is 41.3 Å². The number of nitrogens with zero attached hydrogens (tertiary/aromatic N) is 4. The van der Waals surface area contributed by atoms with Crippen LogP contribution in [0.15, 0.2) is 84.4 Å². The number of hydrogen-bond donors (Lipinski definition) is 0. The van der Waals surface area contributed by atoms with Crippen molar-refractivity contribution in [2.24, 2.45) is 17.8 Å². The van der Waals surface area contributed by atoms with Gasteiger partial charge >= 0.3 is 6.09 Å². The Morgan fingerprint density at radius 3 is 2.51 bits per heavy atom. The number of rotatable bonds is 9. The number of fused-ring (bicyclic) bond motifs is 1. The second-order valence-corrected chi connectivity index (χ2v) is 12.6. The van der Waals surface area contributed by atoms with Gasteiger partial charge in [-0.15, -0.1) is 11.3 Å². The third kappa shape index (κ3) is 6.44. The smallest absolute Gasteiger partial charge is 0.399 e. The van der Waals surface area contributed by atoms with Gasteiger partial charge in [0, 0.05) is 45.5 Å². The summed E-state index contributed by atoms with van der Waals surface area (Å²) < 4.78 is 26.4. The number of halogens is 1. The normalized spacial score (nSPS) is 21.4. The standard InChI is InChI=1S/C34H35FN4O3S/c35-31-18-27(10-11-32(31)38-12-14-41-15-13-38)39(34(40)42-33-7-4-16-43-33)23-30-28-21-37(22-29(28)30)20-26-9-8-25(19-36-26)17-24-5-2-1-3-6-24/h1-11,16,18-19,28-30H,12-15,17,20-23H2. The molecule has 2 atom stereocenters. The first-order chi connectivity index (χ1) is 21.1. The molecule has 7 rings (SSSR count). The number of carbonyl (C=O) groups is 1. The molecule has 1 amide bonds. The lowest BCUT2D eigenvalue weighted by molar-refractivity contribution is 0.122. The van der Waals surface area contributed by atoms with Crippen LogP contribution in [0.4, 0.5) is 20.6 Å². The fraction of sp³-hybridized carbons (Fsp3) is 0.353. The van der Waals surface area contributed by atoms with E-state index in [0.717, 1.165) is 31.7 Å². The van der Waals surface area contributed by atoms with Crippen molar-refractivity contribution in [3.63, 3.8) is 0 Å². The molecule has 3 fully saturated rings. The van der Waals surface area contributed by atoms with Crippen LogP contribution >= 0.6 is 11.3 Å². The minimum atomic E-state index is -0.470. The molecule has 9 heteroatoms. The maximum atomic E-state index is 15.3. The number of hydrogen-bond acceptors (Lipinski definition) is 7. The lowest BCUT2D eigenvalue weighted by Crippen LogP contribution is -2.38. The first-order valence-corrected chi connectivity index (χ1v) is 15.8. The summed E-state index contributed by atoms with van der Waals surface area (Å²) in [6, 6.07) is 23.5. The van der Waals surface area contributed by atoms with Gasteiger partial charge in [0.2, 0.25) is 0 Å². The molecule has 222 valence electrons. The summed E-state index contributed by atoms with van der Waals surface area (Å²) in [6.45, 7) is 5.74. The number of ether oxygens (including phenoxy) is 2. The number of amides is 1. The molecule has 0 bridgehead atoms. The van der Waals surface area contributed by atoms with Gasteiger partial charge in [-0.1, -0.05) is 36.4 Å².